The maximum atomic E-state index is 13.3. The lowest BCUT2D eigenvalue weighted by atomic mass is 9.84. The van der Waals surface area contributed by atoms with E-state index >= 15 is 0 Å². The summed E-state index contributed by atoms with van der Waals surface area (Å²) in [5, 5.41) is 11.7. The summed E-state index contributed by atoms with van der Waals surface area (Å²) >= 11 is 6.30. The summed E-state index contributed by atoms with van der Waals surface area (Å²) in [7, 11) is 3.06. The molecule has 0 bridgehead atoms. The van der Waals surface area contributed by atoms with Crippen molar-refractivity contribution in [2.45, 2.75) is 32.2 Å². The highest BCUT2D eigenvalue weighted by molar-refractivity contribution is 6.51. The van der Waals surface area contributed by atoms with Crippen LogP contribution in [0.4, 0.5) is 5.69 Å². The van der Waals surface area contributed by atoms with E-state index in [0.29, 0.717) is 28.5 Å². The van der Waals surface area contributed by atoms with Crippen LogP contribution in [0.15, 0.2) is 64.8 Å². The topological polar surface area (TPSA) is 89.2 Å². The van der Waals surface area contributed by atoms with Crippen LogP contribution in [-0.2, 0) is 15.0 Å². The van der Waals surface area contributed by atoms with Crippen molar-refractivity contribution in [1.29, 1.82) is 0 Å². The number of aliphatic hydroxyl groups excluding tert-OH is 1. The second-order valence-corrected chi connectivity index (χ2v) is 9.58. The minimum Gasteiger partial charge on any atom is -0.507 e. The Hall–Kier alpha value is -3.71. The van der Waals surface area contributed by atoms with Crippen molar-refractivity contribution in [2.24, 2.45) is 0 Å². The van der Waals surface area contributed by atoms with E-state index in [4.69, 9.17) is 25.5 Å². The predicted octanol–water partition coefficient (Wildman–Crippen LogP) is 5.87. The van der Waals surface area contributed by atoms with Crippen molar-refractivity contribution >= 4 is 34.7 Å². The van der Waals surface area contributed by atoms with Crippen molar-refractivity contribution in [3.63, 3.8) is 0 Å². The van der Waals surface area contributed by atoms with Gasteiger partial charge in [-0.3, -0.25) is 14.5 Å². The number of benzene rings is 2. The van der Waals surface area contributed by atoms with Gasteiger partial charge in [0.25, 0.3) is 11.7 Å². The van der Waals surface area contributed by atoms with E-state index in [1.807, 2.05) is 20.8 Å². The van der Waals surface area contributed by atoms with Gasteiger partial charge >= 0.3 is 0 Å². The van der Waals surface area contributed by atoms with Gasteiger partial charge in [-0.05, 0) is 53.9 Å². The number of rotatable bonds is 5. The highest BCUT2D eigenvalue weighted by Crippen LogP contribution is 2.44. The number of carbonyl (C=O) groups is 2. The zero-order valence-electron chi connectivity index (χ0n) is 20.1. The first kappa shape index (κ1) is 24.4. The third-order valence-electron chi connectivity index (χ3n) is 5.95. The summed E-state index contributed by atoms with van der Waals surface area (Å²) in [5.74, 6) is -0.538. The second kappa shape index (κ2) is 9.15. The van der Waals surface area contributed by atoms with Crippen LogP contribution in [-0.4, -0.2) is 31.0 Å². The largest absolute Gasteiger partial charge is 0.507 e. The molecule has 0 spiro atoms. The van der Waals surface area contributed by atoms with Crippen LogP contribution in [0, 0.1) is 0 Å². The Morgan fingerprint density at radius 3 is 2.29 bits per heavy atom. The SMILES string of the molecule is COc1ccc(N2C(=O)C(=O)/C(=C(\O)c3ccc(OC)c(C(C)(C)C)c3)C2c2ccco2)cc1Cl. The zero-order chi connectivity index (χ0) is 25.5. The number of nitrogens with zero attached hydrogens (tertiary/aromatic N) is 1. The van der Waals surface area contributed by atoms with Crippen molar-refractivity contribution < 1.29 is 28.6 Å². The lowest BCUT2D eigenvalue weighted by Gasteiger charge is -2.25. The maximum Gasteiger partial charge on any atom is 0.300 e. The van der Waals surface area contributed by atoms with E-state index in [1.165, 1.54) is 24.3 Å². The van der Waals surface area contributed by atoms with Crippen LogP contribution in [0.1, 0.15) is 43.7 Å². The monoisotopic (exact) mass is 495 g/mol. The molecule has 0 saturated carbocycles. The zero-order valence-corrected chi connectivity index (χ0v) is 20.8. The molecular formula is C27H26ClNO6. The smallest absolute Gasteiger partial charge is 0.300 e. The third kappa shape index (κ3) is 4.28. The number of aliphatic hydroxyl groups is 1. The number of hydrogen-bond acceptors (Lipinski definition) is 6. The first-order valence-corrected chi connectivity index (χ1v) is 11.3. The number of anilines is 1. The fraction of sp³-hybridized carbons (Fsp3) is 0.259. The molecule has 7 nitrogen and oxygen atoms in total. The third-order valence-corrected chi connectivity index (χ3v) is 6.25. The van der Waals surface area contributed by atoms with Crippen molar-refractivity contribution in [3.8, 4) is 11.5 Å². The molecule has 1 saturated heterocycles. The number of methoxy groups -OCH3 is 2. The molecule has 1 unspecified atom stereocenters. The predicted molar refractivity (Wildman–Crippen MR) is 133 cm³/mol. The molecule has 1 N–H and O–H groups in total. The molecule has 182 valence electrons. The molecule has 0 aliphatic carbocycles. The molecule has 2 aromatic carbocycles. The van der Waals surface area contributed by atoms with E-state index in [-0.39, 0.29) is 21.8 Å². The van der Waals surface area contributed by atoms with Gasteiger partial charge < -0.3 is 19.0 Å². The molecule has 3 aromatic rings. The summed E-state index contributed by atoms with van der Waals surface area (Å²) in [5.41, 5.74) is 1.21. The lowest BCUT2D eigenvalue weighted by molar-refractivity contribution is -0.132. The standard InChI is InChI=1S/C27H26ClNO6/c1-27(2,3)17-13-15(8-10-19(17)33-4)24(30)22-23(21-7-6-12-35-21)29(26(32)25(22)31)16-9-11-20(34-5)18(28)14-16/h6-14,23,30H,1-5H3/b24-22-. The molecule has 0 radical (unpaired) electrons. The van der Waals surface area contributed by atoms with Gasteiger partial charge in [-0.25, -0.2) is 0 Å². The van der Waals surface area contributed by atoms with E-state index in [9.17, 15) is 14.7 Å². The van der Waals surface area contributed by atoms with Gasteiger partial charge in [0.15, 0.2) is 0 Å². The van der Waals surface area contributed by atoms with Crippen molar-refractivity contribution in [2.75, 3.05) is 19.1 Å². The van der Waals surface area contributed by atoms with Gasteiger partial charge in [-0.1, -0.05) is 32.4 Å². The fourth-order valence-corrected chi connectivity index (χ4v) is 4.47. The van der Waals surface area contributed by atoms with Gasteiger partial charge in [-0.2, -0.15) is 0 Å². The average molecular weight is 496 g/mol. The van der Waals surface area contributed by atoms with Crippen LogP contribution in [0.2, 0.25) is 5.02 Å². The lowest BCUT2D eigenvalue weighted by Crippen LogP contribution is -2.29. The highest BCUT2D eigenvalue weighted by atomic mass is 35.5. The number of amides is 1. The summed E-state index contributed by atoms with van der Waals surface area (Å²) in [6, 6.07) is 12.2. The average Bonchev–Trinajstić information content (AvgIpc) is 3.44. The Morgan fingerprint density at radius 1 is 1.03 bits per heavy atom. The fourth-order valence-electron chi connectivity index (χ4n) is 4.22. The minimum atomic E-state index is -0.991. The Bertz CT molecular complexity index is 1320. The molecule has 1 fully saturated rings. The Labute approximate surface area is 208 Å². The molecule has 1 aromatic heterocycles. The number of halogens is 1. The molecule has 1 atom stereocenters. The Morgan fingerprint density at radius 2 is 1.71 bits per heavy atom. The number of ether oxygens (including phenoxy) is 2. The number of hydrogen-bond donors (Lipinski definition) is 1. The summed E-state index contributed by atoms with van der Waals surface area (Å²) in [6.45, 7) is 6.05. The van der Waals surface area contributed by atoms with E-state index in [0.717, 1.165) is 5.56 Å². The highest BCUT2D eigenvalue weighted by Gasteiger charge is 2.48. The molecule has 2 heterocycles. The molecule has 4 rings (SSSR count). The molecule has 8 heteroatoms. The quantitative estimate of drug-likeness (QED) is 0.270. The van der Waals surface area contributed by atoms with E-state index in [2.05, 4.69) is 0 Å². The minimum absolute atomic E-state index is 0.0816. The van der Waals surface area contributed by atoms with Gasteiger partial charge in [-0.15, -0.1) is 0 Å². The van der Waals surface area contributed by atoms with Crippen LogP contribution in [0.3, 0.4) is 0 Å². The van der Waals surface area contributed by atoms with Gasteiger partial charge in [0.2, 0.25) is 0 Å². The molecule has 35 heavy (non-hydrogen) atoms. The Kier molecular flexibility index (Phi) is 6.38. The van der Waals surface area contributed by atoms with Gasteiger partial charge in [0.05, 0.1) is 31.1 Å². The van der Waals surface area contributed by atoms with E-state index in [1.54, 1.807) is 49.6 Å². The second-order valence-electron chi connectivity index (χ2n) is 9.17. The summed E-state index contributed by atoms with van der Waals surface area (Å²) < 4.78 is 16.3. The molecular weight excluding hydrogens is 470 g/mol. The molecule has 1 amide bonds. The number of Topliss-reactive ketones (excluding diaryl/α,β-unsaturated/α-hetero) is 1. The number of ketones is 1. The van der Waals surface area contributed by atoms with E-state index < -0.39 is 17.7 Å². The van der Waals surface area contributed by atoms with Crippen LogP contribution >= 0.6 is 11.6 Å². The first-order valence-electron chi connectivity index (χ1n) is 10.9. The summed E-state index contributed by atoms with van der Waals surface area (Å²) in [6.07, 6.45) is 1.45. The van der Waals surface area contributed by atoms with Crippen molar-refractivity contribution in [3.05, 3.63) is 82.3 Å². The molecule has 1 aliphatic heterocycles. The van der Waals surface area contributed by atoms with Crippen LogP contribution < -0.4 is 14.4 Å². The Balaban J connectivity index is 1.92. The van der Waals surface area contributed by atoms with Gasteiger partial charge in [0.1, 0.15) is 29.1 Å². The first-order chi connectivity index (χ1) is 16.6. The normalized spacial score (nSPS) is 17.7. The van der Waals surface area contributed by atoms with Crippen molar-refractivity contribution in [1.82, 2.24) is 0 Å². The van der Waals surface area contributed by atoms with Crippen LogP contribution in [0.5, 0.6) is 11.5 Å². The molecule has 1 aliphatic rings. The number of carbonyl (C=O) groups excluding carboxylic acids is 2. The van der Waals surface area contributed by atoms with Crippen LogP contribution in [0.25, 0.3) is 5.76 Å². The maximum absolute atomic E-state index is 13.3. The summed E-state index contributed by atoms with van der Waals surface area (Å²) in [4.78, 5) is 27.8. The number of furan rings is 1. The van der Waals surface area contributed by atoms with Gasteiger partial charge in [0, 0.05) is 16.8 Å².